The SMILES string of the molecule is COCCn1c(C2CCCC2)n[nH]c1=S. The summed E-state index contributed by atoms with van der Waals surface area (Å²) in [6.07, 6.45) is 5.11. The Balaban J connectivity index is 2.18. The van der Waals surface area contributed by atoms with Gasteiger partial charge in [0.2, 0.25) is 0 Å². The number of hydrogen-bond donors (Lipinski definition) is 1. The zero-order chi connectivity index (χ0) is 10.7. The molecule has 1 aromatic rings. The normalized spacial score (nSPS) is 17.4. The van der Waals surface area contributed by atoms with E-state index in [1.165, 1.54) is 25.7 Å². The van der Waals surface area contributed by atoms with E-state index in [1.807, 2.05) is 0 Å². The Morgan fingerprint density at radius 2 is 2.27 bits per heavy atom. The van der Waals surface area contributed by atoms with Crippen molar-refractivity contribution in [3.63, 3.8) is 0 Å². The molecule has 1 heterocycles. The van der Waals surface area contributed by atoms with Gasteiger partial charge in [-0.2, -0.15) is 5.10 Å². The van der Waals surface area contributed by atoms with E-state index in [2.05, 4.69) is 14.8 Å². The van der Waals surface area contributed by atoms with Crippen LogP contribution >= 0.6 is 12.2 Å². The lowest BCUT2D eigenvalue weighted by molar-refractivity contribution is 0.185. The number of ether oxygens (including phenoxy) is 1. The number of hydrogen-bond acceptors (Lipinski definition) is 3. The van der Waals surface area contributed by atoms with Gasteiger partial charge in [-0.3, -0.25) is 5.10 Å². The molecule has 1 N–H and O–H groups in total. The summed E-state index contributed by atoms with van der Waals surface area (Å²) in [5.41, 5.74) is 0. The van der Waals surface area contributed by atoms with Crippen molar-refractivity contribution in [3.05, 3.63) is 10.6 Å². The summed E-state index contributed by atoms with van der Waals surface area (Å²) in [5, 5.41) is 7.22. The van der Waals surface area contributed by atoms with Crippen LogP contribution in [-0.2, 0) is 11.3 Å². The minimum atomic E-state index is 0.592. The number of nitrogens with one attached hydrogen (secondary N) is 1. The largest absolute Gasteiger partial charge is 0.383 e. The number of aromatic nitrogens is 3. The van der Waals surface area contributed by atoms with Crippen LogP contribution in [0.2, 0.25) is 0 Å². The van der Waals surface area contributed by atoms with Crippen LogP contribution in [-0.4, -0.2) is 28.5 Å². The van der Waals surface area contributed by atoms with Crippen molar-refractivity contribution in [2.45, 2.75) is 38.1 Å². The van der Waals surface area contributed by atoms with Gasteiger partial charge < -0.3 is 9.30 Å². The molecule has 0 atom stereocenters. The highest BCUT2D eigenvalue weighted by atomic mass is 32.1. The molecule has 84 valence electrons. The van der Waals surface area contributed by atoms with Gasteiger partial charge in [-0.1, -0.05) is 12.8 Å². The molecule has 5 heteroatoms. The molecule has 15 heavy (non-hydrogen) atoms. The van der Waals surface area contributed by atoms with Gasteiger partial charge in [0.1, 0.15) is 5.82 Å². The van der Waals surface area contributed by atoms with E-state index < -0.39 is 0 Å². The Bertz CT molecular complexity index is 365. The fourth-order valence-corrected chi connectivity index (χ4v) is 2.45. The predicted octanol–water partition coefficient (Wildman–Crippen LogP) is 2.24. The average Bonchev–Trinajstić information content (AvgIpc) is 2.84. The molecular formula is C10H17N3OS. The Hall–Kier alpha value is -0.680. The number of rotatable bonds is 4. The average molecular weight is 227 g/mol. The van der Waals surface area contributed by atoms with Gasteiger partial charge in [0, 0.05) is 19.6 Å². The van der Waals surface area contributed by atoms with Crippen LogP contribution in [0.4, 0.5) is 0 Å². The third-order valence-corrected chi connectivity index (χ3v) is 3.34. The fraction of sp³-hybridized carbons (Fsp3) is 0.800. The lowest BCUT2D eigenvalue weighted by Crippen LogP contribution is -2.10. The van der Waals surface area contributed by atoms with Gasteiger partial charge in [-0.15, -0.1) is 0 Å². The van der Waals surface area contributed by atoms with Crippen molar-refractivity contribution in [2.24, 2.45) is 0 Å². The van der Waals surface area contributed by atoms with E-state index in [-0.39, 0.29) is 0 Å². The molecule has 4 nitrogen and oxygen atoms in total. The molecule has 1 aliphatic carbocycles. The van der Waals surface area contributed by atoms with Crippen molar-refractivity contribution in [3.8, 4) is 0 Å². The second-order valence-corrected chi connectivity index (χ2v) is 4.40. The second kappa shape index (κ2) is 4.90. The van der Waals surface area contributed by atoms with Gasteiger partial charge in [0.05, 0.1) is 6.61 Å². The molecule has 1 aliphatic rings. The number of methoxy groups -OCH3 is 1. The van der Waals surface area contributed by atoms with Crippen molar-refractivity contribution < 1.29 is 4.74 Å². The summed E-state index contributed by atoms with van der Waals surface area (Å²) < 4.78 is 7.87. The van der Waals surface area contributed by atoms with Crippen molar-refractivity contribution in [1.82, 2.24) is 14.8 Å². The van der Waals surface area contributed by atoms with Gasteiger partial charge in [0.15, 0.2) is 4.77 Å². The van der Waals surface area contributed by atoms with Gasteiger partial charge in [0.25, 0.3) is 0 Å². The molecule has 0 bridgehead atoms. The predicted molar refractivity (Wildman–Crippen MR) is 60.5 cm³/mol. The minimum Gasteiger partial charge on any atom is -0.383 e. The fourth-order valence-electron chi connectivity index (χ4n) is 2.22. The standard InChI is InChI=1S/C10H17N3OS/c1-14-7-6-13-9(11-12-10(13)15)8-4-2-3-5-8/h8H,2-7H2,1H3,(H,12,15). The highest BCUT2D eigenvalue weighted by Gasteiger charge is 2.22. The van der Waals surface area contributed by atoms with Crippen LogP contribution in [0.15, 0.2) is 0 Å². The Kier molecular flexibility index (Phi) is 3.53. The maximum absolute atomic E-state index is 5.21. The maximum atomic E-state index is 5.21. The second-order valence-electron chi connectivity index (χ2n) is 4.01. The Morgan fingerprint density at radius 1 is 1.53 bits per heavy atom. The molecule has 0 aliphatic heterocycles. The molecule has 0 spiro atoms. The number of aromatic amines is 1. The number of nitrogens with zero attached hydrogens (tertiary/aromatic N) is 2. The zero-order valence-electron chi connectivity index (χ0n) is 9.03. The molecule has 1 aromatic heterocycles. The molecule has 2 rings (SSSR count). The Labute approximate surface area is 94.6 Å². The molecule has 0 amide bonds. The molecule has 0 saturated heterocycles. The van der Waals surface area contributed by atoms with E-state index in [0.717, 1.165) is 12.4 Å². The molecule has 0 radical (unpaired) electrons. The monoisotopic (exact) mass is 227 g/mol. The van der Waals surface area contributed by atoms with E-state index in [4.69, 9.17) is 17.0 Å². The summed E-state index contributed by atoms with van der Waals surface area (Å²) in [4.78, 5) is 0. The van der Waals surface area contributed by atoms with Crippen LogP contribution in [0.1, 0.15) is 37.4 Å². The summed E-state index contributed by atoms with van der Waals surface area (Å²) in [5.74, 6) is 1.71. The molecular weight excluding hydrogens is 210 g/mol. The summed E-state index contributed by atoms with van der Waals surface area (Å²) in [6.45, 7) is 1.49. The van der Waals surface area contributed by atoms with Crippen LogP contribution in [0.3, 0.4) is 0 Å². The quantitative estimate of drug-likeness (QED) is 0.802. The summed E-state index contributed by atoms with van der Waals surface area (Å²) in [7, 11) is 1.71. The van der Waals surface area contributed by atoms with Crippen LogP contribution < -0.4 is 0 Å². The Morgan fingerprint density at radius 3 is 2.93 bits per heavy atom. The van der Waals surface area contributed by atoms with Crippen molar-refractivity contribution in [2.75, 3.05) is 13.7 Å². The molecule has 0 aromatic carbocycles. The first-order valence-corrected chi connectivity index (χ1v) is 5.88. The topological polar surface area (TPSA) is 42.8 Å². The van der Waals surface area contributed by atoms with E-state index in [1.54, 1.807) is 7.11 Å². The number of H-pyrrole nitrogens is 1. The first-order chi connectivity index (χ1) is 7.33. The maximum Gasteiger partial charge on any atom is 0.195 e. The van der Waals surface area contributed by atoms with Gasteiger partial charge in [-0.25, -0.2) is 0 Å². The lowest BCUT2D eigenvalue weighted by Gasteiger charge is -2.10. The summed E-state index contributed by atoms with van der Waals surface area (Å²) in [6, 6.07) is 0. The first kappa shape index (κ1) is 10.8. The first-order valence-electron chi connectivity index (χ1n) is 5.47. The van der Waals surface area contributed by atoms with Gasteiger partial charge in [-0.05, 0) is 25.1 Å². The van der Waals surface area contributed by atoms with Gasteiger partial charge >= 0.3 is 0 Å². The molecule has 1 saturated carbocycles. The van der Waals surface area contributed by atoms with Crippen molar-refractivity contribution >= 4 is 12.2 Å². The van der Waals surface area contributed by atoms with Crippen LogP contribution in [0.5, 0.6) is 0 Å². The zero-order valence-corrected chi connectivity index (χ0v) is 9.85. The summed E-state index contributed by atoms with van der Waals surface area (Å²) >= 11 is 5.21. The van der Waals surface area contributed by atoms with Crippen molar-refractivity contribution in [1.29, 1.82) is 0 Å². The van der Waals surface area contributed by atoms with E-state index >= 15 is 0 Å². The lowest BCUT2D eigenvalue weighted by atomic mass is 10.1. The van der Waals surface area contributed by atoms with E-state index in [0.29, 0.717) is 17.3 Å². The molecule has 0 unspecified atom stereocenters. The van der Waals surface area contributed by atoms with Crippen LogP contribution in [0, 0.1) is 4.77 Å². The smallest absolute Gasteiger partial charge is 0.195 e. The third kappa shape index (κ3) is 2.29. The van der Waals surface area contributed by atoms with E-state index in [9.17, 15) is 0 Å². The minimum absolute atomic E-state index is 0.592. The molecule has 1 fully saturated rings. The highest BCUT2D eigenvalue weighted by Crippen LogP contribution is 2.32. The van der Waals surface area contributed by atoms with Crippen LogP contribution in [0.25, 0.3) is 0 Å². The third-order valence-electron chi connectivity index (χ3n) is 3.03. The highest BCUT2D eigenvalue weighted by molar-refractivity contribution is 7.71.